The highest BCUT2D eigenvalue weighted by Gasteiger charge is 2.36. The van der Waals surface area contributed by atoms with Crippen molar-refractivity contribution in [1.29, 1.82) is 0 Å². The molecular formula is C19H26BrN3O5S. The molecule has 2 amide bonds. The summed E-state index contributed by atoms with van der Waals surface area (Å²) in [6.45, 7) is 4.42. The molecule has 10 heteroatoms. The monoisotopic (exact) mass is 487 g/mol. The fourth-order valence-electron chi connectivity index (χ4n) is 3.70. The van der Waals surface area contributed by atoms with Crippen LogP contribution in [-0.2, 0) is 19.6 Å². The van der Waals surface area contributed by atoms with Crippen LogP contribution in [0.1, 0.15) is 19.8 Å². The normalized spacial score (nSPS) is 21.1. The lowest BCUT2D eigenvalue weighted by molar-refractivity contribution is -0.138. The minimum atomic E-state index is -3.63. The number of ether oxygens (including phenoxy) is 1. The number of halogens is 1. The van der Waals surface area contributed by atoms with Gasteiger partial charge < -0.3 is 14.5 Å². The second-order valence-electron chi connectivity index (χ2n) is 7.17. The molecule has 0 radical (unpaired) electrons. The molecule has 3 rings (SSSR count). The average Bonchev–Trinajstić information content (AvgIpc) is 2.74. The zero-order valence-corrected chi connectivity index (χ0v) is 18.8. The van der Waals surface area contributed by atoms with E-state index in [0.29, 0.717) is 52.2 Å². The lowest BCUT2D eigenvalue weighted by Crippen LogP contribution is -2.54. The first-order chi connectivity index (χ1) is 13.8. The van der Waals surface area contributed by atoms with Gasteiger partial charge in [-0.1, -0.05) is 15.9 Å². The van der Waals surface area contributed by atoms with Crippen molar-refractivity contribution in [2.45, 2.75) is 24.7 Å². The third-order valence-corrected chi connectivity index (χ3v) is 7.71. The van der Waals surface area contributed by atoms with Gasteiger partial charge in [0.2, 0.25) is 15.9 Å². The van der Waals surface area contributed by atoms with Crippen molar-refractivity contribution in [3.05, 3.63) is 28.7 Å². The zero-order chi connectivity index (χ0) is 21.0. The van der Waals surface area contributed by atoms with E-state index in [1.54, 1.807) is 41.0 Å². The van der Waals surface area contributed by atoms with Crippen LogP contribution in [0.4, 0.5) is 4.79 Å². The highest BCUT2D eigenvalue weighted by Crippen LogP contribution is 2.26. The van der Waals surface area contributed by atoms with Crippen LogP contribution in [0, 0.1) is 5.92 Å². The Hall–Kier alpha value is -1.65. The molecule has 0 N–H and O–H groups in total. The van der Waals surface area contributed by atoms with Crippen LogP contribution in [0.3, 0.4) is 0 Å². The van der Waals surface area contributed by atoms with Crippen LogP contribution in [-0.4, -0.2) is 80.4 Å². The van der Waals surface area contributed by atoms with Gasteiger partial charge in [0.25, 0.3) is 0 Å². The topological polar surface area (TPSA) is 87.2 Å². The first kappa shape index (κ1) is 22.0. The number of carbonyl (C=O) groups excluding carboxylic acids is 2. The molecular weight excluding hydrogens is 462 g/mol. The minimum absolute atomic E-state index is 0.0378. The Morgan fingerprint density at radius 2 is 1.69 bits per heavy atom. The number of carbonyl (C=O) groups is 2. The molecule has 2 fully saturated rings. The van der Waals surface area contributed by atoms with Crippen LogP contribution in [0.5, 0.6) is 0 Å². The van der Waals surface area contributed by atoms with Crippen molar-refractivity contribution >= 4 is 38.0 Å². The Balaban J connectivity index is 1.61. The van der Waals surface area contributed by atoms with Gasteiger partial charge in [-0.15, -0.1) is 0 Å². The SMILES string of the molecule is CCOC(=O)N1CCN(C(=O)C2CCCN(S(=O)(=O)c3ccc(Br)cc3)C2)CC1. The Kier molecular flexibility index (Phi) is 7.18. The van der Waals surface area contributed by atoms with E-state index in [-0.39, 0.29) is 29.4 Å². The molecule has 29 heavy (non-hydrogen) atoms. The van der Waals surface area contributed by atoms with E-state index in [1.807, 2.05) is 0 Å². The lowest BCUT2D eigenvalue weighted by atomic mass is 9.98. The molecule has 1 aromatic rings. The van der Waals surface area contributed by atoms with Gasteiger partial charge in [-0.25, -0.2) is 13.2 Å². The highest BCUT2D eigenvalue weighted by molar-refractivity contribution is 9.10. The van der Waals surface area contributed by atoms with Gasteiger partial charge in [-0.3, -0.25) is 4.79 Å². The molecule has 0 bridgehead atoms. The summed E-state index contributed by atoms with van der Waals surface area (Å²) in [6.07, 6.45) is 0.960. The number of piperidine rings is 1. The van der Waals surface area contributed by atoms with E-state index in [0.717, 1.165) is 4.47 Å². The standard InChI is InChI=1S/C19H26BrN3O5S/c1-2-28-19(25)22-12-10-21(11-13-22)18(24)15-4-3-9-23(14-15)29(26,27)17-7-5-16(20)6-8-17/h5-8,15H,2-4,9-14H2,1H3. The quantitative estimate of drug-likeness (QED) is 0.649. The van der Waals surface area contributed by atoms with Gasteiger partial charge in [0.15, 0.2) is 0 Å². The number of nitrogens with zero attached hydrogens (tertiary/aromatic N) is 3. The number of amides is 2. The summed E-state index contributed by atoms with van der Waals surface area (Å²) >= 11 is 3.31. The van der Waals surface area contributed by atoms with Gasteiger partial charge >= 0.3 is 6.09 Å². The van der Waals surface area contributed by atoms with E-state index in [1.165, 1.54) is 4.31 Å². The predicted octanol–water partition coefficient (Wildman–Crippen LogP) is 2.15. The maximum Gasteiger partial charge on any atom is 0.409 e. The fraction of sp³-hybridized carbons (Fsp3) is 0.579. The molecule has 0 saturated carbocycles. The van der Waals surface area contributed by atoms with Crippen molar-refractivity contribution in [2.24, 2.45) is 5.92 Å². The lowest BCUT2D eigenvalue weighted by Gasteiger charge is -2.38. The minimum Gasteiger partial charge on any atom is -0.450 e. The Bertz CT molecular complexity index is 838. The number of piperazine rings is 1. The molecule has 2 heterocycles. The Morgan fingerprint density at radius 1 is 1.07 bits per heavy atom. The van der Waals surface area contributed by atoms with Crippen LogP contribution in [0.2, 0.25) is 0 Å². The van der Waals surface area contributed by atoms with E-state index < -0.39 is 10.0 Å². The average molecular weight is 488 g/mol. The number of sulfonamides is 1. The van der Waals surface area contributed by atoms with Gasteiger partial charge in [0.05, 0.1) is 17.4 Å². The van der Waals surface area contributed by atoms with Crippen molar-refractivity contribution in [2.75, 3.05) is 45.9 Å². The molecule has 1 unspecified atom stereocenters. The van der Waals surface area contributed by atoms with E-state index in [4.69, 9.17) is 4.74 Å². The summed E-state index contributed by atoms with van der Waals surface area (Å²) in [7, 11) is -3.63. The number of rotatable bonds is 4. The maximum atomic E-state index is 13.0. The summed E-state index contributed by atoms with van der Waals surface area (Å²) in [4.78, 5) is 28.3. The van der Waals surface area contributed by atoms with Crippen LogP contribution < -0.4 is 0 Å². The molecule has 8 nitrogen and oxygen atoms in total. The summed E-state index contributed by atoms with van der Waals surface area (Å²) in [5, 5.41) is 0. The highest BCUT2D eigenvalue weighted by atomic mass is 79.9. The van der Waals surface area contributed by atoms with Crippen molar-refractivity contribution in [3.63, 3.8) is 0 Å². The van der Waals surface area contributed by atoms with Crippen LogP contribution >= 0.6 is 15.9 Å². The summed E-state index contributed by atoms with van der Waals surface area (Å²) in [5.74, 6) is -0.396. The zero-order valence-electron chi connectivity index (χ0n) is 16.4. The smallest absolute Gasteiger partial charge is 0.409 e. The van der Waals surface area contributed by atoms with E-state index >= 15 is 0 Å². The summed E-state index contributed by atoms with van der Waals surface area (Å²) in [6, 6.07) is 6.53. The fourth-order valence-corrected chi connectivity index (χ4v) is 5.49. The first-order valence-corrected chi connectivity index (χ1v) is 12.0. The molecule has 1 atom stereocenters. The van der Waals surface area contributed by atoms with E-state index in [9.17, 15) is 18.0 Å². The van der Waals surface area contributed by atoms with Crippen molar-refractivity contribution < 1.29 is 22.7 Å². The third kappa shape index (κ3) is 5.10. The molecule has 2 aliphatic heterocycles. The third-order valence-electron chi connectivity index (χ3n) is 5.30. The molecule has 0 aromatic heterocycles. The predicted molar refractivity (Wildman–Crippen MR) is 111 cm³/mol. The molecule has 0 aliphatic carbocycles. The molecule has 160 valence electrons. The van der Waals surface area contributed by atoms with Gasteiger partial charge in [-0.05, 0) is 44.0 Å². The van der Waals surface area contributed by atoms with Gasteiger partial charge in [0, 0.05) is 43.7 Å². The van der Waals surface area contributed by atoms with Gasteiger partial charge in [0.1, 0.15) is 0 Å². The second-order valence-corrected chi connectivity index (χ2v) is 10.0. The molecule has 0 spiro atoms. The van der Waals surface area contributed by atoms with Gasteiger partial charge in [-0.2, -0.15) is 4.31 Å². The summed E-state index contributed by atoms with van der Waals surface area (Å²) < 4.78 is 33.1. The van der Waals surface area contributed by atoms with Crippen LogP contribution in [0.25, 0.3) is 0 Å². The number of benzene rings is 1. The largest absolute Gasteiger partial charge is 0.450 e. The Morgan fingerprint density at radius 3 is 2.31 bits per heavy atom. The van der Waals surface area contributed by atoms with Crippen molar-refractivity contribution in [1.82, 2.24) is 14.1 Å². The first-order valence-electron chi connectivity index (χ1n) is 9.79. The number of hydrogen-bond acceptors (Lipinski definition) is 5. The molecule has 2 aliphatic rings. The maximum absolute atomic E-state index is 13.0. The summed E-state index contributed by atoms with van der Waals surface area (Å²) in [5.41, 5.74) is 0. The van der Waals surface area contributed by atoms with Crippen molar-refractivity contribution in [3.8, 4) is 0 Å². The van der Waals surface area contributed by atoms with Crippen LogP contribution in [0.15, 0.2) is 33.6 Å². The molecule has 1 aromatic carbocycles. The number of hydrogen-bond donors (Lipinski definition) is 0. The molecule has 2 saturated heterocycles. The Labute approximate surface area is 180 Å². The van der Waals surface area contributed by atoms with E-state index in [2.05, 4.69) is 15.9 Å². The second kappa shape index (κ2) is 9.44.